The van der Waals surface area contributed by atoms with Crippen molar-refractivity contribution in [2.75, 3.05) is 12.4 Å². The summed E-state index contributed by atoms with van der Waals surface area (Å²) in [4.78, 5) is 0. The van der Waals surface area contributed by atoms with Crippen molar-refractivity contribution in [2.24, 2.45) is 0 Å². The predicted octanol–water partition coefficient (Wildman–Crippen LogP) is 4.95. The molecule has 1 N–H and O–H groups in total. The molecule has 1 aliphatic rings. The Kier molecular flexibility index (Phi) is 3.97. The van der Waals surface area contributed by atoms with Gasteiger partial charge >= 0.3 is 0 Å². The van der Waals surface area contributed by atoms with Crippen molar-refractivity contribution in [3.8, 4) is 5.75 Å². The molecule has 104 valence electrons. The first-order valence-electron chi connectivity index (χ1n) is 6.96. The Balaban J connectivity index is 1.91. The normalized spacial score (nSPS) is 17.4. The summed E-state index contributed by atoms with van der Waals surface area (Å²) in [6, 6.07) is 15.0. The standard InChI is InChI=1S/C17H18BrNO/c1-20-13-10-9-12-5-4-8-16(14(12)11-13)19-17-7-3-2-6-15(17)18/h2-3,6-7,9-11,16,19H,4-5,8H2,1H3. The van der Waals surface area contributed by atoms with Crippen LogP contribution in [0.2, 0.25) is 0 Å². The van der Waals surface area contributed by atoms with E-state index in [-0.39, 0.29) is 0 Å². The van der Waals surface area contributed by atoms with Gasteiger partial charge in [0.2, 0.25) is 0 Å². The molecule has 0 heterocycles. The molecule has 2 nitrogen and oxygen atoms in total. The third-order valence-electron chi connectivity index (χ3n) is 3.87. The largest absolute Gasteiger partial charge is 0.497 e. The van der Waals surface area contributed by atoms with Crippen LogP contribution >= 0.6 is 15.9 Å². The summed E-state index contributed by atoms with van der Waals surface area (Å²) in [5.41, 5.74) is 3.95. The first-order valence-corrected chi connectivity index (χ1v) is 7.75. The van der Waals surface area contributed by atoms with E-state index in [0.717, 1.165) is 28.8 Å². The van der Waals surface area contributed by atoms with Gasteiger partial charge in [0.25, 0.3) is 0 Å². The fraction of sp³-hybridized carbons (Fsp3) is 0.294. The van der Waals surface area contributed by atoms with E-state index >= 15 is 0 Å². The summed E-state index contributed by atoms with van der Waals surface area (Å²) in [5.74, 6) is 0.935. The molecule has 20 heavy (non-hydrogen) atoms. The van der Waals surface area contributed by atoms with Crippen LogP contribution in [0.3, 0.4) is 0 Å². The number of anilines is 1. The Bertz CT molecular complexity index is 612. The number of hydrogen-bond acceptors (Lipinski definition) is 2. The molecular weight excluding hydrogens is 314 g/mol. The van der Waals surface area contributed by atoms with Crippen molar-refractivity contribution in [1.29, 1.82) is 0 Å². The molecule has 0 aromatic heterocycles. The van der Waals surface area contributed by atoms with Crippen LogP contribution in [0, 0.1) is 0 Å². The minimum absolute atomic E-state index is 0.354. The summed E-state index contributed by atoms with van der Waals surface area (Å²) in [5, 5.41) is 3.65. The summed E-state index contributed by atoms with van der Waals surface area (Å²) >= 11 is 3.60. The van der Waals surface area contributed by atoms with Gasteiger partial charge in [-0.1, -0.05) is 18.2 Å². The topological polar surface area (TPSA) is 21.3 Å². The Labute approximate surface area is 128 Å². The van der Waals surface area contributed by atoms with Crippen LogP contribution in [-0.2, 0) is 6.42 Å². The first kappa shape index (κ1) is 13.5. The van der Waals surface area contributed by atoms with Crippen molar-refractivity contribution in [3.05, 3.63) is 58.1 Å². The van der Waals surface area contributed by atoms with Gasteiger partial charge in [0.15, 0.2) is 0 Å². The monoisotopic (exact) mass is 331 g/mol. The fourth-order valence-electron chi connectivity index (χ4n) is 2.82. The van der Waals surface area contributed by atoms with E-state index in [4.69, 9.17) is 4.74 Å². The lowest BCUT2D eigenvalue weighted by Gasteiger charge is -2.28. The van der Waals surface area contributed by atoms with E-state index in [9.17, 15) is 0 Å². The summed E-state index contributed by atoms with van der Waals surface area (Å²) in [7, 11) is 1.72. The van der Waals surface area contributed by atoms with E-state index in [2.05, 4.69) is 57.6 Å². The van der Waals surface area contributed by atoms with Crippen LogP contribution in [0.15, 0.2) is 46.9 Å². The number of rotatable bonds is 3. The van der Waals surface area contributed by atoms with Crippen molar-refractivity contribution in [2.45, 2.75) is 25.3 Å². The highest BCUT2D eigenvalue weighted by Crippen LogP contribution is 2.36. The van der Waals surface area contributed by atoms with Crippen molar-refractivity contribution in [3.63, 3.8) is 0 Å². The molecule has 3 heteroatoms. The second kappa shape index (κ2) is 5.88. The summed E-state index contributed by atoms with van der Waals surface area (Å²) in [6.45, 7) is 0. The van der Waals surface area contributed by atoms with Gasteiger partial charge in [-0.25, -0.2) is 0 Å². The molecule has 1 aliphatic carbocycles. The number of fused-ring (bicyclic) bond motifs is 1. The highest BCUT2D eigenvalue weighted by atomic mass is 79.9. The molecule has 0 radical (unpaired) electrons. The maximum Gasteiger partial charge on any atom is 0.119 e. The number of para-hydroxylation sites is 1. The zero-order valence-electron chi connectivity index (χ0n) is 11.5. The third-order valence-corrected chi connectivity index (χ3v) is 4.56. The number of hydrogen-bond donors (Lipinski definition) is 1. The Morgan fingerprint density at radius 3 is 2.85 bits per heavy atom. The lowest BCUT2D eigenvalue weighted by molar-refractivity contribution is 0.413. The summed E-state index contributed by atoms with van der Waals surface area (Å²) < 4.78 is 6.47. The van der Waals surface area contributed by atoms with Gasteiger partial charge in [-0.3, -0.25) is 0 Å². The average Bonchev–Trinajstić information content (AvgIpc) is 2.49. The number of methoxy groups -OCH3 is 1. The molecule has 0 amide bonds. The van der Waals surface area contributed by atoms with Gasteiger partial charge in [-0.2, -0.15) is 0 Å². The number of benzene rings is 2. The molecule has 1 atom stereocenters. The SMILES string of the molecule is COc1ccc2c(c1)C(Nc1ccccc1Br)CCC2. The molecule has 0 saturated heterocycles. The highest BCUT2D eigenvalue weighted by Gasteiger charge is 2.21. The number of aryl methyl sites for hydroxylation is 1. The second-order valence-electron chi connectivity index (χ2n) is 5.13. The molecule has 0 aliphatic heterocycles. The smallest absolute Gasteiger partial charge is 0.119 e. The molecule has 0 fully saturated rings. The maximum atomic E-state index is 5.37. The van der Waals surface area contributed by atoms with Crippen molar-refractivity contribution in [1.82, 2.24) is 0 Å². The van der Waals surface area contributed by atoms with E-state index in [1.54, 1.807) is 7.11 Å². The highest BCUT2D eigenvalue weighted by molar-refractivity contribution is 9.10. The van der Waals surface area contributed by atoms with Crippen LogP contribution in [0.5, 0.6) is 5.75 Å². The summed E-state index contributed by atoms with van der Waals surface area (Å²) in [6.07, 6.45) is 3.54. The molecule has 3 rings (SSSR count). The average molecular weight is 332 g/mol. The van der Waals surface area contributed by atoms with E-state index < -0.39 is 0 Å². The molecule has 2 aromatic rings. The minimum Gasteiger partial charge on any atom is -0.497 e. The van der Waals surface area contributed by atoms with E-state index in [1.807, 2.05) is 6.07 Å². The van der Waals surface area contributed by atoms with Gasteiger partial charge in [-0.05, 0) is 70.6 Å². The molecule has 0 spiro atoms. The Morgan fingerprint density at radius 2 is 2.05 bits per heavy atom. The number of ether oxygens (including phenoxy) is 1. The molecule has 1 unspecified atom stereocenters. The quantitative estimate of drug-likeness (QED) is 0.859. The van der Waals surface area contributed by atoms with Crippen LogP contribution < -0.4 is 10.1 Å². The van der Waals surface area contributed by atoms with Crippen LogP contribution in [0.25, 0.3) is 0 Å². The van der Waals surface area contributed by atoms with Gasteiger partial charge < -0.3 is 10.1 Å². The molecular formula is C17H18BrNO. The Morgan fingerprint density at radius 1 is 1.20 bits per heavy atom. The first-order chi connectivity index (χ1) is 9.78. The zero-order valence-corrected chi connectivity index (χ0v) is 13.1. The Hall–Kier alpha value is -1.48. The molecule has 2 aromatic carbocycles. The minimum atomic E-state index is 0.354. The zero-order chi connectivity index (χ0) is 13.9. The van der Waals surface area contributed by atoms with Crippen LogP contribution in [0.1, 0.15) is 30.0 Å². The van der Waals surface area contributed by atoms with Gasteiger partial charge in [-0.15, -0.1) is 0 Å². The van der Waals surface area contributed by atoms with Crippen LogP contribution in [-0.4, -0.2) is 7.11 Å². The van der Waals surface area contributed by atoms with E-state index in [1.165, 1.54) is 17.5 Å². The van der Waals surface area contributed by atoms with Gasteiger partial charge in [0.1, 0.15) is 5.75 Å². The van der Waals surface area contributed by atoms with Gasteiger partial charge in [0, 0.05) is 10.2 Å². The van der Waals surface area contributed by atoms with Crippen LogP contribution in [0.4, 0.5) is 5.69 Å². The van der Waals surface area contributed by atoms with Crippen molar-refractivity contribution >= 4 is 21.6 Å². The van der Waals surface area contributed by atoms with Gasteiger partial charge in [0.05, 0.1) is 13.2 Å². The lowest BCUT2D eigenvalue weighted by Crippen LogP contribution is -2.17. The van der Waals surface area contributed by atoms with Crippen molar-refractivity contribution < 1.29 is 4.74 Å². The predicted molar refractivity (Wildman–Crippen MR) is 86.4 cm³/mol. The molecule has 0 saturated carbocycles. The number of halogens is 1. The molecule has 0 bridgehead atoms. The fourth-order valence-corrected chi connectivity index (χ4v) is 3.22. The third kappa shape index (κ3) is 2.68. The second-order valence-corrected chi connectivity index (χ2v) is 5.99. The maximum absolute atomic E-state index is 5.37. The lowest BCUT2D eigenvalue weighted by atomic mass is 9.87. The van der Waals surface area contributed by atoms with E-state index in [0.29, 0.717) is 6.04 Å². The number of nitrogens with one attached hydrogen (secondary N) is 1.